The van der Waals surface area contributed by atoms with Crippen molar-refractivity contribution in [2.24, 2.45) is 5.92 Å². The minimum Gasteiger partial charge on any atom is -0.399 e. The molecule has 2 atom stereocenters. The van der Waals surface area contributed by atoms with Gasteiger partial charge >= 0.3 is 0 Å². The topological polar surface area (TPSA) is 75.4 Å². The van der Waals surface area contributed by atoms with Gasteiger partial charge in [0.1, 0.15) is 0 Å². The van der Waals surface area contributed by atoms with Gasteiger partial charge in [-0.15, -0.1) is 0 Å². The van der Waals surface area contributed by atoms with E-state index < -0.39 is 0 Å². The Morgan fingerprint density at radius 3 is 2.86 bits per heavy atom. The van der Waals surface area contributed by atoms with Crippen molar-refractivity contribution in [1.29, 1.82) is 0 Å². The van der Waals surface area contributed by atoms with E-state index in [4.69, 9.17) is 5.73 Å². The van der Waals surface area contributed by atoms with E-state index in [1.807, 2.05) is 31.2 Å². The van der Waals surface area contributed by atoms with E-state index in [1.54, 1.807) is 11.9 Å². The Balaban J connectivity index is 2.07. The number of rotatable bonds is 3. The highest BCUT2D eigenvalue weighted by Gasteiger charge is 2.30. The van der Waals surface area contributed by atoms with Crippen LogP contribution < -0.4 is 11.1 Å². The van der Waals surface area contributed by atoms with Crippen molar-refractivity contribution in [3.05, 3.63) is 29.8 Å². The molecule has 2 rings (SSSR count). The summed E-state index contributed by atoms with van der Waals surface area (Å²) in [6, 6.07) is 7.42. The number of nitrogens with one attached hydrogen (secondary N) is 1. The lowest BCUT2D eigenvalue weighted by Gasteiger charge is -2.33. The van der Waals surface area contributed by atoms with Gasteiger partial charge in [-0.05, 0) is 37.5 Å². The van der Waals surface area contributed by atoms with Crippen LogP contribution >= 0.6 is 0 Å². The van der Waals surface area contributed by atoms with E-state index in [-0.39, 0.29) is 23.7 Å². The molecule has 0 bridgehead atoms. The molecule has 1 aromatic rings. The normalized spacial score (nSPS) is 19.9. The molecule has 0 aromatic heterocycles. The molecular formula is C16H23N3O2. The van der Waals surface area contributed by atoms with Gasteiger partial charge in [-0.1, -0.05) is 12.1 Å². The first-order chi connectivity index (χ1) is 10.0. The Hall–Kier alpha value is -2.04. The van der Waals surface area contributed by atoms with Gasteiger partial charge in [0.2, 0.25) is 11.8 Å². The fraction of sp³-hybridized carbons (Fsp3) is 0.500. The Morgan fingerprint density at radius 2 is 2.19 bits per heavy atom. The average Bonchev–Trinajstić information content (AvgIpc) is 2.52. The van der Waals surface area contributed by atoms with Crippen LogP contribution in [-0.4, -0.2) is 36.9 Å². The summed E-state index contributed by atoms with van der Waals surface area (Å²) in [5, 5.41) is 2.67. The van der Waals surface area contributed by atoms with Gasteiger partial charge in [0.05, 0.1) is 11.8 Å². The number of likely N-dealkylation sites (tertiary alicyclic amines) is 1. The number of hydrogen-bond acceptors (Lipinski definition) is 3. The third-order valence-electron chi connectivity index (χ3n) is 4.13. The van der Waals surface area contributed by atoms with Crippen LogP contribution in [0.25, 0.3) is 0 Å². The summed E-state index contributed by atoms with van der Waals surface area (Å²) >= 11 is 0. The third kappa shape index (κ3) is 3.54. The van der Waals surface area contributed by atoms with Crippen molar-refractivity contribution in [2.75, 3.05) is 25.9 Å². The van der Waals surface area contributed by atoms with Crippen LogP contribution in [0.1, 0.15) is 31.2 Å². The van der Waals surface area contributed by atoms with Crippen LogP contribution in [-0.2, 0) is 9.59 Å². The lowest BCUT2D eigenvalue weighted by molar-refractivity contribution is -0.136. The van der Waals surface area contributed by atoms with Crippen LogP contribution in [0.15, 0.2) is 24.3 Å². The Kier molecular flexibility index (Phi) is 4.83. The largest absolute Gasteiger partial charge is 0.399 e. The standard InChI is InChI=1S/C16H23N3O2/c1-11(12-5-3-7-14(17)9-12)16(21)19-8-4-6-13(10-19)15(20)18-2/h3,5,7,9,11,13H,4,6,8,10,17H2,1-2H3,(H,18,20). The number of anilines is 1. The Labute approximate surface area is 125 Å². The summed E-state index contributed by atoms with van der Waals surface area (Å²) in [5.41, 5.74) is 7.36. The zero-order valence-corrected chi connectivity index (χ0v) is 12.6. The number of nitrogen functional groups attached to an aromatic ring is 1. The molecule has 0 radical (unpaired) electrons. The maximum Gasteiger partial charge on any atom is 0.229 e. The van der Waals surface area contributed by atoms with Gasteiger partial charge in [0.15, 0.2) is 0 Å². The molecule has 1 aliphatic rings. The van der Waals surface area contributed by atoms with E-state index in [9.17, 15) is 9.59 Å². The molecule has 0 aliphatic carbocycles. The van der Waals surface area contributed by atoms with Crippen LogP contribution in [0, 0.1) is 5.92 Å². The lowest BCUT2D eigenvalue weighted by atomic mass is 9.94. The van der Waals surface area contributed by atoms with Gasteiger partial charge in [-0.3, -0.25) is 9.59 Å². The second kappa shape index (κ2) is 6.61. The third-order valence-corrected chi connectivity index (χ3v) is 4.13. The monoisotopic (exact) mass is 289 g/mol. The molecule has 21 heavy (non-hydrogen) atoms. The van der Waals surface area contributed by atoms with Crippen molar-refractivity contribution in [3.63, 3.8) is 0 Å². The molecule has 3 N–H and O–H groups in total. The number of carbonyl (C=O) groups is 2. The highest BCUT2D eigenvalue weighted by Crippen LogP contribution is 2.24. The number of nitrogens with zero attached hydrogens (tertiary/aromatic N) is 1. The molecule has 1 saturated heterocycles. The summed E-state index contributed by atoms with van der Waals surface area (Å²) in [4.78, 5) is 26.2. The number of hydrogen-bond donors (Lipinski definition) is 2. The number of piperidine rings is 1. The molecule has 1 aromatic carbocycles. The number of benzene rings is 1. The maximum absolute atomic E-state index is 12.6. The average molecular weight is 289 g/mol. The molecule has 0 spiro atoms. The van der Waals surface area contributed by atoms with Crippen LogP contribution in [0.3, 0.4) is 0 Å². The maximum atomic E-state index is 12.6. The molecule has 114 valence electrons. The minimum absolute atomic E-state index is 0.0177. The summed E-state index contributed by atoms with van der Waals surface area (Å²) in [7, 11) is 1.64. The Bertz CT molecular complexity index is 530. The van der Waals surface area contributed by atoms with E-state index in [1.165, 1.54) is 0 Å². The molecular weight excluding hydrogens is 266 g/mol. The second-order valence-corrected chi connectivity index (χ2v) is 5.63. The molecule has 1 aliphatic heterocycles. The van der Waals surface area contributed by atoms with Gasteiger partial charge in [0, 0.05) is 25.8 Å². The SMILES string of the molecule is CNC(=O)C1CCCN(C(=O)C(C)c2cccc(N)c2)C1. The van der Waals surface area contributed by atoms with Gasteiger partial charge in [-0.25, -0.2) is 0 Å². The zero-order chi connectivity index (χ0) is 15.4. The van der Waals surface area contributed by atoms with Crippen LogP contribution in [0.2, 0.25) is 0 Å². The molecule has 2 amide bonds. The summed E-state index contributed by atoms with van der Waals surface area (Å²) in [6.45, 7) is 3.12. The number of nitrogens with two attached hydrogens (primary N) is 1. The van der Waals surface area contributed by atoms with E-state index in [2.05, 4.69) is 5.32 Å². The van der Waals surface area contributed by atoms with Crippen molar-refractivity contribution in [2.45, 2.75) is 25.7 Å². The fourth-order valence-electron chi connectivity index (χ4n) is 2.84. The van der Waals surface area contributed by atoms with Crippen molar-refractivity contribution >= 4 is 17.5 Å². The smallest absolute Gasteiger partial charge is 0.229 e. The highest BCUT2D eigenvalue weighted by molar-refractivity contribution is 5.85. The minimum atomic E-state index is -0.239. The van der Waals surface area contributed by atoms with Crippen molar-refractivity contribution in [3.8, 4) is 0 Å². The summed E-state index contributed by atoms with van der Waals surface area (Å²) in [6.07, 6.45) is 1.71. The molecule has 2 unspecified atom stereocenters. The number of carbonyl (C=O) groups excluding carboxylic acids is 2. The second-order valence-electron chi connectivity index (χ2n) is 5.63. The molecule has 5 heteroatoms. The predicted octanol–water partition coefficient (Wildman–Crippen LogP) is 1.36. The molecule has 1 fully saturated rings. The van der Waals surface area contributed by atoms with E-state index in [0.717, 1.165) is 24.9 Å². The van der Waals surface area contributed by atoms with Crippen molar-refractivity contribution < 1.29 is 9.59 Å². The van der Waals surface area contributed by atoms with E-state index in [0.29, 0.717) is 12.2 Å². The number of amides is 2. The molecule has 0 saturated carbocycles. The Morgan fingerprint density at radius 1 is 1.43 bits per heavy atom. The van der Waals surface area contributed by atoms with Gasteiger partial charge in [-0.2, -0.15) is 0 Å². The van der Waals surface area contributed by atoms with E-state index >= 15 is 0 Å². The summed E-state index contributed by atoms with van der Waals surface area (Å²) in [5.74, 6) is -0.254. The zero-order valence-electron chi connectivity index (χ0n) is 12.6. The first-order valence-electron chi connectivity index (χ1n) is 7.38. The predicted molar refractivity (Wildman–Crippen MR) is 82.6 cm³/mol. The fourth-order valence-corrected chi connectivity index (χ4v) is 2.84. The van der Waals surface area contributed by atoms with Crippen LogP contribution in [0.5, 0.6) is 0 Å². The quantitative estimate of drug-likeness (QED) is 0.825. The highest BCUT2D eigenvalue weighted by atomic mass is 16.2. The molecule has 5 nitrogen and oxygen atoms in total. The summed E-state index contributed by atoms with van der Waals surface area (Å²) < 4.78 is 0. The molecule has 1 heterocycles. The van der Waals surface area contributed by atoms with Crippen LogP contribution in [0.4, 0.5) is 5.69 Å². The first-order valence-corrected chi connectivity index (χ1v) is 7.38. The first kappa shape index (κ1) is 15.4. The lowest BCUT2D eigenvalue weighted by Crippen LogP contribution is -2.46. The van der Waals surface area contributed by atoms with Gasteiger partial charge < -0.3 is 16.0 Å². The van der Waals surface area contributed by atoms with Gasteiger partial charge in [0.25, 0.3) is 0 Å². The van der Waals surface area contributed by atoms with Crippen molar-refractivity contribution in [1.82, 2.24) is 10.2 Å².